The average molecular weight is 255 g/mol. The van der Waals surface area contributed by atoms with Crippen molar-refractivity contribution in [3.8, 4) is 0 Å². The predicted octanol–water partition coefficient (Wildman–Crippen LogP) is 4.43. The predicted molar refractivity (Wildman–Crippen MR) is 76.8 cm³/mol. The molecule has 3 nitrogen and oxygen atoms in total. The van der Waals surface area contributed by atoms with Gasteiger partial charge in [-0.1, -0.05) is 38.8 Å². The summed E-state index contributed by atoms with van der Waals surface area (Å²) in [5.74, 6) is 0. The van der Waals surface area contributed by atoms with Gasteiger partial charge in [0.05, 0.1) is 0 Å². The first kappa shape index (κ1) is 17.0. The second-order valence-electron chi connectivity index (χ2n) is 5.19. The Morgan fingerprint density at radius 3 is 2.33 bits per heavy atom. The fraction of sp³-hybridized carbons (Fsp3) is 0.800. The highest BCUT2D eigenvalue weighted by atomic mass is 16.6. The highest BCUT2D eigenvalue weighted by Crippen LogP contribution is 2.13. The summed E-state index contributed by atoms with van der Waals surface area (Å²) in [6.07, 6.45) is 10.6. The van der Waals surface area contributed by atoms with Crippen LogP contribution in [0.4, 0.5) is 4.79 Å². The van der Waals surface area contributed by atoms with Crippen LogP contribution in [0.2, 0.25) is 0 Å². The van der Waals surface area contributed by atoms with Crippen LogP contribution in [-0.2, 0) is 4.74 Å². The maximum Gasteiger partial charge on any atom is 0.407 e. The van der Waals surface area contributed by atoms with Gasteiger partial charge in [0.2, 0.25) is 0 Å². The van der Waals surface area contributed by atoms with E-state index in [0.717, 1.165) is 25.7 Å². The zero-order chi connectivity index (χ0) is 13.9. The van der Waals surface area contributed by atoms with E-state index in [2.05, 4.69) is 24.4 Å². The Kier molecular flexibility index (Phi) is 9.43. The largest absolute Gasteiger partial charge is 0.444 e. The van der Waals surface area contributed by atoms with E-state index >= 15 is 0 Å². The normalized spacial score (nSPS) is 11.8. The molecule has 0 radical (unpaired) electrons. The number of rotatable bonds is 9. The van der Waals surface area contributed by atoms with Gasteiger partial charge in [0.1, 0.15) is 5.60 Å². The van der Waals surface area contributed by atoms with Crippen molar-refractivity contribution in [2.75, 3.05) is 6.54 Å². The lowest BCUT2D eigenvalue weighted by Gasteiger charge is -2.23. The van der Waals surface area contributed by atoms with Crippen molar-refractivity contribution in [3.05, 3.63) is 12.2 Å². The Bertz CT molecular complexity index is 247. The van der Waals surface area contributed by atoms with Crippen LogP contribution >= 0.6 is 0 Å². The van der Waals surface area contributed by atoms with E-state index in [1.165, 1.54) is 12.8 Å². The van der Waals surface area contributed by atoms with Crippen LogP contribution < -0.4 is 5.32 Å². The fourth-order valence-electron chi connectivity index (χ4n) is 1.33. The topological polar surface area (TPSA) is 38.3 Å². The number of carbonyl (C=O) groups excluding carboxylic acids is 1. The van der Waals surface area contributed by atoms with E-state index < -0.39 is 0 Å². The molecule has 0 bridgehead atoms. The molecule has 0 aromatic carbocycles. The van der Waals surface area contributed by atoms with Gasteiger partial charge in [-0.05, 0) is 39.5 Å². The first-order chi connectivity index (χ1) is 8.52. The van der Waals surface area contributed by atoms with Crippen molar-refractivity contribution in [1.82, 2.24) is 5.32 Å². The molecule has 106 valence electrons. The zero-order valence-corrected chi connectivity index (χ0v) is 12.4. The maximum atomic E-state index is 11.4. The lowest BCUT2D eigenvalue weighted by molar-refractivity contribution is 0.0363. The van der Waals surface area contributed by atoms with Crippen LogP contribution in [0, 0.1) is 0 Å². The molecule has 0 atom stereocenters. The molecule has 0 unspecified atom stereocenters. The minimum Gasteiger partial charge on any atom is -0.444 e. The Morgan fingerprint density at radius 2 is 1.78 bits per heavy atom. The van der Waals surface area contributed by atoms with Gasteiger partial charge < -0.3 is 10.1 Å². The number of carbonyl (C=O) groups is 1. The molecular formula is C15H29NO2. The summed E-state index contributed by atoms with van der Waals surface area (Å²) in [6.45, 7) is 8.72. The highest BCUT2D eigenvalue weighted by molar-refractivity contribution is 5.67. The molecule has 0 aromatic rings. The number of amides is 1. The summed E-state index contributed by atoms with van der Waals surface area (Å²) in [5.41, 5.74) is -0.371. The number of alkyl carbamates (subject to hydrolysis) is 1. The molecule has 0 heterocycles. The molecule has 1 N–H and O–H groups in total. The first-order valence-electron chi connectivity index (χ1n) is 7.13. The number of hydrogen-bond donors (Lipinski definition) is 1. The molecule has 0 rings (SSSR count). The minimum absolute atomic E-state index is 0.309. The molecule has 0 aliphatic carbocycles. The van der Waals surface area contributed by atoms with Gasteiger partial charge in [0, 0.05) is 6.54 Å². The average Bonchev–Trinajstić information content (AvgIpc) is 2.32. The summed E-state index contributed by atoms with van der Waals surface area (Å²) in [4.78, 5) is 11.4. The summed E-state index contributed by atoms with van der Waals surface area (Å²) in [6, 6.07) is 0. The maximum absolute atomic E-state index is 11.4. The monoisotopic (exact) mass is 255 g/mol. The van der Waals surface area contributed by atoms with Gasteiger partial charge in [0.15, 0.2) is 0 Å². The molecule has 0 spiro atoms. The lowest BCUT2D eigenvalue weighted by atomic mass is 10.1. The van der Waals surface area contributed by atoms with Crippen LogP contribution in [0.5, 0.6) is 0 Å². The van der Waals surface area contributed by atoms with E-state index in [0.29, 0.717) is 6.54 Å². The minimum atomic E-state index is -0.371. The summed E-state index contributed by atoms with van der Waals surface area (Å²) in [7, 11) is 0. The fourth-order valence-corrected chi connectivity index (χ4v) is 1.33. The molecule has 0 fully saturated rings. The van der Waals surface area contributed by atoms with Gasteiger partial charge in [-0.15, -0.1) is 0 Å². The van der Waals surface area contributed by atoms with E-state index in [4.69, 9.17) is 4.74 Å². The highest BCUT2D eigenvalue weighted by Gasteiger charge is 2.19. The Balaban J connectivity index is 3.49. The molecular weight excluding hydrogens is 226 g/mol. The van der Waals surface area contributed by atoms with Gasteiger partial charge >= 0.3 is 6.09 Å². The van der Waals surface area contributed by atoms with Gasteiger partial charge in [-0.3, -0.25) is 0 Å². The molecule has 3 heteroatoms. The molecule has 18 heavy (non-hydrogen) atoms. The number of nitrogens with one attached hydrogen (secondary N) is 1. The van der Waals surface area contributed by atoms with Gasteiger partial charge in [-0.25, -0.2) is 4.79 Å². The third-order valence-corrected chi connectivity index (χ3v) is 2.93. The van der Waals surface area contributed by atoms with Gasteiger partial charge in [-0.2, -0.15) is 0 Å². The first-order valence-corrected chi connectivity index (χ1v) is 7.13. The molecule has 0 aliphatic heterocycles. The van der Waals surface area contributed by atoms with Crippen molar-refractivity contribution in [2.45, 2.75) is 71.8 Å². The quantitative estimate of drug-likeness (QED) is 0.489. The second kappa shape index (κ2) is 9.98. The van der Waals surface area contributed by atoms with Crippen LogP contribution in [-0.4, -0.2) is 18.2 Å². The van der Waals surface area contributed by atoms with Crippen LogP contribution in [0.1, 0.15) is 66.2 Å². The smallest absolute Gasteiger partial charge is 0.407 e. The molecule has 0 aliphatic rings. The number of hydrogen-bond acceptors (Lipinski definition) is 2. The van der Waals surface area contributed by atoms with Gasteiger partial charge in [0.25, 0.3) is 0 Å². The lowest BCUT2D eigenvalue weighted by Crippen LogP contribution is -2.34. The SMILES string of the molecule is CCCCC=CCCCNC(=O)OC(C)(C)CC. The van der Waals surface area contributed by atoms with Crippen LogP contribution in [0.3, 0.4) is 0 Å². The van der Waals surface area contributed by atoms with Crippen LogP contribution in [0.15, 0.2) is 12.2 Å². The summed E-state index contributed by atoms with van der Waals surface area (Å²) < 4.78 is 5.28. The Hall–Kier alpha value is -0.990. The van der Waals surface area contributed by atoms with Crippen molar-refractivity contribution < 1.29 is 9.53 Å². The van der Waals surface area contributed by atoms with Crippen molar-refractivity contribution in [3.63, 3.8) is 0 Å². The summed E-state index contributed by atoms with van der Waals surface area (Å²) in [5, 5.41) is 2.78. The van der Waals surface area contributed by atoms with E-state index in [-0.39, 0.29) is 11.7 Å². The van der Waals surface area contributed by atoms with E-state index in [1.54, 1.807) is 0 Å². The Labute approximate surface area is 112 Å². The third-order valence-electron chi connectivity index (χ3n) is 2.93. The number of ether oxygens (including phenoxy) is 1. The van der Waals surface area contributed by atoms with E-state index in [1.807, 2.05) is 20.8 Å². The van der Waals surface area contributed by atoms with Crippen molar-refractivity contribution in [1.29, 1.82) is 0 Å². The molecule has 1 amide bonds. The Morgan fingerprint density at radius 1 is 1.17 bits per heavy atom. The number of unbranched alkanes of at least 4 members (excludes halogenated alkanes) is 3. The van der Waals surface area contributed by atoms with E-state index in [9.17, 15) is 4.79 Å². The molecule has 0 saturated carbocycles. The third kappa shape index (κ3) is 10.2. The standard InChI is InChI=1S/C15H29NO2/c1-5-7-8-9-10-11-12-13-16-14(17)18-15(3,4)6-2/h9-10H,5-8,11-13H2,1-4H3,(H,16,17). The second-order valence-corrected chi connectivity index (χ2v) is 5.19. The van der Waals surface area contributed by atoms with Crippen molar-refractivity contribution >= 4 is 6.09 Å². The molecule has 0 aromatic heterocycles. The zero-order valence-electron chi connectivity index (χ0n) is 12.4. The number of allylic oxidation sites excluding steroid dienone is 2. The summed E-state index contributed by atoms with van der Waals surface area (Å²) >= 11 is 0. The molecule has 0 saturated heterocycles. The van der Waals surface area contributed by atoms with Crippen molar-refractivity contribution in [2.24, 2.45) is 0 Å². The van der Waals surface area contributed by atoms with Crippen LogP contribution in [0.25, 0.3) is 0 Å².